The molecule has 1 fully saturated rings. The lowest BCUT2D eigenvalue weighted by Crippen LogP contribution is -2.36. The summed E-state index contributed by atoms with van der Waals surface area (Å²) in [6.07, 6.45) is 7.09. The molecule has 0 atom stereocenters. The molecule has 0 amide bonds. The van der Waals surface area contributed by atoms with E-state index in [1.807, 2.05) is 19.1 Å². The maximum absolute atomic E-state index is 12.3. The van der Waals surface area contributed by atoms with Crippen LogP contribution in [0, 0.1) is 12.8 Å². The summed E-state index contributed by atoms with van der Waals surface area (Å²) >= 11 is 0. The topological polar surface area (TPSA) is 51.9 Å². The average molecular weight is 474 g/mol. The number of carbonyl (C=O) groups is 1. The van der Waals surface area contributed by atoms with E-state index >= 15 is 0 Å². The largest absolute Gasteiger partial charge is 0.462 e. The molecule has 1 aromatic carbocycles. The fourth-order valence-corrected chi connectivity index (χ4v) is 4.16. The summed E-state index contributed by atoms with van der Waals surface area (Å²) in [7, 11) is 0. The number of esters is 1. The minimum atomic E-state index is -0.273. The number of furan rings is 1. The van der Waals surface area contributed by atoms with E-state index in [0.29, 0.717) is 23.8 Å². The summed E-state index contributed by atoms with van der Waals surface area (Å²) in [4.78, 5) is 14.8. The number of aryl methyl sites for hydroxylation is 1. The van der Waals surface area contributed by atoms with Gasteiger partial charge in [0.2, 0.25) is 0 Å². The van der Waals surface area contributed by atoms with E-state index in [1.165, 1.54) is 37.8 Å². The number of ether oxygens (including phenoxy) is 2. The number of benzene rings is 1. The summed E-state index contributed by atoms with van der Waals surface area (Å²) in [6.45, 7) is 18.7. The molecule has 0 unspecified atom stereocenters. The minimum Gasteiger partial charge on any atom is -0.462 e. The van der Waals surface area contributed by atoms with Crippen LogP contribution in [-0.4, -0.2) is 50.3 Å². The Balaban J connectivity index is 0.000000287. The predicted molar refractivity (Wildman–Crippen MR) is 141 cm³/mol. The van der Waals surface area contributed by atoms with Crippen molar-refractivity contribution in [1.82, 2.24) is 4.90 Å². The van der Waals surface area contributed by atoms with Crippen LogP contribution in [0.2, 0.25) is 0 Å². The molecule has 0 spiro atoms. The van der Waals surface area contributed by atoms with Crippen LogP contribution in [0.3, 0.4) is 0 Å². The summed E-state index contributed by atoms with van der Waals surface area (Å²) < 4.78 is 16.4. The third-order valence-electron chi connectivity index (χ3n) is 6.35. The van der Waals surface area contributed by atoms with Gasteiger partial charge in [0.15, 0.2) is 0 Å². The van der Waals surface area contributed by atoms with Crippen LogP contribution < -0.4 is 0 Å². The van der Waals surface area contributed by atoms with Gasteiger partial charge in [-0.15, -0.1) is 0 Å². The zero-order valence-corrected chi connectivity index (χ0v) is 22.5. The van der Waals surface area contributed by atoms with Gasteiger partial charge in [0.1, 0.15) is 16.9 Å². The number of rotatable bonds is 11. The maximum atomic E-state index is 12.3. The van der Waals surface area contributed by atoms with E-state index in [1.54, 1.807) is 0 Å². The summed E-state index contributed by atoms with van der Waals surface area (Å²) in [5, 5.41) is 0.848. The maximum Gasteiger partial charge on any atom is 0.342 e. The van der Waals surface area contributed by atoms with Gasteiger partial charge in [0, 0.05) is 18.5 Å². The Bertz CT molecular complexity index is 849. The van der Waals surface area contributed by atoms with Gasteiger partial charge >= 0.3 is 5.97 Å². The Morgan fingerprint density at radius 3 is 2.44 bits per heavy atom. The second-order valence-electron chi connectivity index (χ2n) is 10.1. The van der Waals surface area contributed by atoms with Crippen molar-refractivity contribution in [1.29, 1.82) is 0 Å². The Morgan fingerprint density at radius 2 is 1.79 bits per heavy atom. The van der Waals surface area contributed by atoms with Crippen LogP contribution in [0.25, 0.3) is 11.0 Å². The first-order chi connectivity index (χ1) is 16.3. The van der Waals surface area contributed by atoms with E-state index in [-0.39, 0.29) is 5.97 Å². The highest BCUT2D eigenvalue weighted by atomic mass is 16.5. The molecule has 5 heteroatoms. The van der Waals surface area contributed by atoms with E-state index in [9.17, 15) is 4.79 Å². The van der Waals surface area contributed by atoms with Crippen molar-refractivity contribution < 1.29 is 18.7 Å². The number of hydrogen-bond acceptors (Lipinski definition) is 5. The lowest BCUT2D eigenvalue weighted by Gasteiger charge is -2.26. The fourth-order valence-electron chi connectivity index (χ4n) is 4.16. The van der Waals surface area contributed by atoms with Crippen molar-refractivity contribution in [2.24, 2.45) is 5.92 Å². The number of morpholine rings is 1. The molecular weight excluding hydrogens is 426 g/mol. The molecule has 5 nitrogen and oxygen atoms in total. The van der Waals surface area contributed by atoms with E-state index in [4.69, 9.17) is 13.9 Å². The molecule has 0 radical (unpaired) electrons. The van der Waals surface area contributed by atoms with Crippen LogP contribution in [0.4, 0.5) is 0 Å². The minimum absolute atomic E-state index is 0.273. The third-order valence-corrected chi connectivity index (χ3v) is 6.35. The van der Waals surface area contributed by atoms with Crippen LogP contribution in [-0.2, 0) is 9.47 Å². The number of carbonyl (C=O) groups excluding carboxylic acids is 1. The molecule has 0 aliphatic carbocycles. The molecule has 1 aliphatic heterocycles. The van der Waals surface area contributed by atoms with Crippen LogP contribution >= 0.6 is 0 Å². The quantitative estimate of drug-likeness (QED) is 0.252. The Hall–Kier alpha value is -1.85. The standard InChI is InChI=1S/C19H26O3.C10H21NO/c1-5-6-7-8-11-21-19(20)18-14(4)22-17-12-15(13(2)3)9-10-16(17)18;1-10(2)4-3-5-11-6-8-12-9-7-11/h9-10,12-13H,5-8,11H2,1-4H3;10H,3-9H2,1-2H3. The molecule has 34 heavy (non-hydrogen) atoms. The number of fused-ring (bicyclic) bond motifs is 1. The normalized spacial score (nSPS) is 14.5. The molecule has 0 saturated carbocycles. The van der Waals surface area contributed by atoms with Gasteiger partial charge in [-0.2, -0.15) is 0 Å². The van der Waals surface area contributed by atoms with Crippen molar-refractivity contribution in [3.63, 3.8) is 0 Å². The van der Waals surface area contributed by atoms with Gasteiger partial charge in [0.05, 0.1) is 19.8 Å². The van der Waals surface area contributed by atoms with Gasteiger partial charge < -0.3 is 13.9 Å². The monoisotopic (exact) mass is 473 g/mol. The average Bonchev–Trinajstić information content (AvgIpc) is 3.14. The number of unbranched alkanes of at least 4 members (excludes halogenated alkanes) is 3. The van der Waals surface area contributed by atoms with Crippen LogP contribution in [0.15, 0.2) is 22.6 Å². The zero-order valence-electron chi connectivity index (χ0n) is 22.5. The van der Waals surface area contributed by atoms with Crippen molar-refractivity contribution in [2.75, 3.05) is 39.5 Å². The molecular formula is C29H47NO4. The van der Waals surface area contributed by atoms with E-state index in [2.05, 4.69) is 45.6 Å². The summed E-state index contributed by atoms with van der Waals surface area (Å²) in [5.41, 5.74) is 2.54. The lowest BCUT2D eigenvalue weighted by atomic mass is 10.0. The zero-order chi connectivity index (χ0) is 24.9. The van der Waals surface area contributed by atoms with E-state index in [0.717, 1.165) is 56.0 Å². The molecule has 0 N–H and O–H groups in total. The smallest absolute Gasteiger partial charge is 0.342 e. The Kier molecular flexibility index (Phi) is 12.7. The van der Waals surface area contributed by atoms with Crippen LogP contribution in [0.1, 0.15) is 101 Å². The van der Waals surface area contributed by atoms with Gasteiger partial charge in [-0.1, -0.05) is 59.9 Å². The lowest BCUT2D eigenvalue weighted by molar-refractivity contribution is 0.0368. The van der Waals surface area contributed by atoms with Gasteiger partial charge in [-0.3, -0.25) is 4.90 Å². The first kappa shape index (κ1) is 28.4. The molecule has 192 valence electrons. The second kappa shape index (κ2) is 15.2. The molecule has 0 bridgehead atoms. The SMILES string of the molecule is CC(C)CCCN1CCOCC1.CCCCCCOC(=O)c1c(C)oc2cc(C(C)C)ccc12. The van der Waals surface area contributed by atoms with Crippen molar-refractivity contribution >= 4 is 16.9 Å². The molecule has 3 rings (SSSR count). The highest BCUT2D eigenvalue weighted by molar-refractivity contribution is 6.04. The van der Waals surface area contributed by atoms with Crippen molar-refractivity contribution in [2.45, 2.75) is 86.0 Å². The predicted octanol–water partition coefficient (Wildman–Crippen LogP) is 7.36. The van der Waals surface area contributed by atoms with E-state index < -0.39 is 0 Å². The van der Waals surface area contributed by atoms with Gasteiger partial charge in [0.25, 0.3) is 0 Å². The van der Waals surface area contributed by atoms with Crippen molar-refractivity contribution in [3.8, 4) is 0 Å². The summed E-state index contributed by atoms with van der Waals surface area (Å²) in [5.74, 6) is 1.65. The highest BCUT2D eigenvalue weighted by Crippen LogP contribution is 2.29. The highest BCUT2D eigenvalue weighted by Gasteiger charge is 2.20. The first-order valence-electron chi connectivity index (χ1n) is 13.3. The van der Waals surface area contributed by atoms with Gasteiger partial charge in [-0.25, -0.2) is 4.79 Å². The molecule has 1 saturated heterocycles. The summed E-state index contributed by atoms with van der Waals surface area (Å²) in [6, 6.07) is 6.04. The molecule has 2 heterocycles. The van der Waals surface area contributed by atoms with Gasteiger partial charge in [-0.05, 0) is 62.3 Å². The molecule has 1 aromatic heterocycles. The molecule has 1 aliphatic rings. The van der Waals surface area contributed by atoms with Crippen LogP contribution in [0.5, 0.6) is 0 Å². The Morgan fingerprint density at radius 1 is 1.06 bits per heavy atom. The first-order valence-corrected chi connectivity index (χ1v) is 13.3. The third kappa shape index (κ3) is 9.42. The molecule has 2 aromatic rings. The number of nitrogens with zero attached hydrogens (tertiary/aromatic N) is 1. The second-order valence-corrected chi connectivity index (χ2v) is 10.1. The fraction of sp³-hybridized carbons (Fsp3) is 0.690. The number of hydrogen-bond donors (Lipinski definition) is 0. The Labute approximate surface area is 207 Å². The van der Waals surface area contributed by atoms with Crippen molar-refractivity contribution in [3.05, 3.63) is 35.1 Å².